The lowest BCUT2D eigenvalue weighted by Gasteiger charge is -2.12. The molecule has 0 spiro atoms. The molecular formula is C21H20N2O5S. The standard InChI is InChI=1S/C21H20N2O5S/c1-3-14(2)28-18-10-6-15(7-11-18)12-19-20(24)22(21(25)29-19)13-16-4-8-17(9-5-16)23(26)27/h4-12,14H,3,13H2,1-2H3/b19-12-/t14-/m1/s1. The zero-order valence-corrected chi connectivity index (χ0v) is 16.8. The molecule has 1 atom stereocenters. The lowest BCUT2D eigenvalue weighted by Crippen LogP contribution is -2.27. The maximum atomic E-state index is 12.6. The predicted octanol–water partition coefficient (Wildman–Crippen LogP) is 5.01. The molecule has 2 aromatic carbocycles. The van der Waals surface area contributed by atoms with Gasteiger partial charge >= 0.3 is 0 Å². The molecule has 2 amide bonds. The molecule has 150 valence electrons. The van der Waals surface area contributed by atoms with Crippen molar-refractivity contribution in [2.24, 2.45) is 0 Å². The number of nitro benzene ring substituents is 1. The summed E-state index contributed by atoms with van der Waals surface area (Å²) in [5.41, 5.74) is 1.40. The third-order valence-corrected chi connectivity index (χ3v) is 5.36. The summed E-state index contributed by atoms with van der Waals surface area (Å²) in [5.74, 6) is 0.376. The normalized spacial score (nSPS) is 16.3. The number of amides is 2. The zero-order valence-electron chi connectivity index (χ0n) is 16.0. The molecule has 0 radical (unpaired) electrons. The van der Waals surface area contributed by atoms with E-state index in [0.717, 1.165) is 34.4 Å². The Labute approximate surface area is 172 Å². The Hall–Kier alpha value is -3.13. The Morgan fingerprint density at radius 2 is 1.79 bits per heavy atom. The van der Waals surface area contributed by atoms with Gasteiger partial charge in [0.1, 0.15) is 5.75 Å². The molecule has 1 saturated heterocycles. The highest BCUT2D eigenvalue weighted by atomic mass is 32.2. The van der Waals surface area contributed by atoms with Crippen LogP contribution >= 0.6 is 11.8 Å². The van der Waals surface area contributed by atoms with Gasteiger partial charge in [-0.3, -0.25) is 24.6 Å². The van der Waals surface area contributed by atoms with Crippen LogP contribution in [0.5, 0.6) is 5.75 Å². The van der Waals surface area contributed by atoms with E-state index >= 15 is 0 Å². The number of nitro groups is 1. The summed E-state index contributed by atoms with van der Waals surface area (Å²) in [4.78, 5) is 36.6. The SMILES string of the molecule is CC[C@@H](C)Oc1ccc(/C=C2\SC(=O)N(Cc3ccc([N+](=O)[O-])cc3)C2=O)cc1. The minimum atomic E-state index is -0.494. The number of carbonyl (C=O) groups is 2. The molecule has 1 heterocycles. The molecule has 7 nitrogen and oxygen atoms in total. The molecular weight excluding hydrogens is 392 g/mol. The fourth-order valence-corrected chi connectivity index (χ4v) is 3.49. The fourth-order valence-electron chi connectivity index (χ4n) is 2.65. The number of carbonyl (C=O) groups excluding carboxylic acids is 2. The van der Waals surface area contributed by atoms with Crippen LogP contribution in [0.2, 0.25) is 0 Å². The minimum absolute atomic E-state index is 0.0384. The number of ether oxygens (including phenoxy) is 1. The van der Waals surface area contributed by atoms with Crippen LogP contribution in [-0.4, -0.2) is 27.1 Å². The molecule has 29 heavy (non-hydrogen) atoms. The molecule has 0 N–H and O–H groups in total. The van der Waals surface area contributed by atoms with E-state index in [9.17, 15) is 19.7 Å². The number of hydrogen-bond acceptors (Lipinski definition) is 6. The Morgan fingerprint density at radius 1 is 1.14 bits per heavy atom. The molecule has 1 aliphatic heterocycles. The smallest absolute Gasteiger partial charge is 0.293 e. The van der Waals surface area contributed by atoms with Crippen LogP contribution in [0.4, 0.5) is 10.5 Å². The van der Waals surface area contributed by atoms with Crippen molar-refractivity contribution < 1.29 is 19.2 Å². The van der Waals surface area contributed by atoms with Crippen LogP contribution in [0.1, 0.15) is 31.4 Å². The zero-order chi connectivity index (χ0) is 21.0. The Balaban J connectivity index is 1.70. The van der Waals surface area contributed by atoms with E-state index in [1.165, 1.54) is 12.1 Å². The number of non-ortho nitro benzene ring substituents is 1. The number of imide groups is 1. The van der Waals surface area contributed by atoms with Crippen molar-refractivity contribution in [2.75, 3.05) is 0 Å². The van der Waals surface area contributed by atoms with Gasteiger partial charge in [0, 0.05) is 12.1 Å². The average molecular weight is 412 g/mol. The van der Waals surface area contributed by atoms with E-state index in [4.69, 9.17) is 4.74 Å². The lowest BCUT2D eigenvalue weighted by molar-refractivity contribution is -0.384. The minimum Gasteiger partial charge on any atom is -0.491 e. The summed E-state index contributed by atoms with van der Waals surface area (Å²) < 4.78 is 5.74. The largest absolute Gasteiger partial charge is 0.491 e. The molecule has 1 fully saturated rings. The first kappa shape index (κ1) is 20.6. The van der Waals surface area contributed by atoms with E-state index in [-0.39, 0.29) is 29.5 Å². The fraction of sp³-hybridized carbons (Fsp3) is 0.238. The van der Waals surface area contributed by atoms with Gasteiger partial charge in [0.2, 0.25) is 0 Å². The third-order valence-electron chi connectivity index (χ3n) is 4.45. The molecule has 0 saturated carbocycles. The van der Waals surface area contributed by atoms with Gasteiger partial charge in [0.15, 0.2) is 0 Å². The highest BCUT2D eigenvalue weighted by Gasteiger charge is 2.35. The van der Waals surface area contributed by atoms with Gasteiger partial charge in [0.25, 0.3) is 16.8 Å². The summed E-state index contributed by atoms with van der Waals surface area (Å²) in [6.07, 6.45) is 2.70. The number of benzene rings is 2. The molecule has 0 aromatic heterocycles. The van der Waals surface area contributed by atoms with Crippen molar-refractivity contribution in [3.8, 4) is 5.75 Å². The summed E-state index contributed by atoms with van der Waals surface area (Å²) in [5, 5.41) is 10.4. The highest BCUT2D eigenvalue weighted by molar-refractivity contribution is 8.18. The summed E-state index contributed by atoms with van der Waals surface area (Å²) in [6, 6.07) is 13.1. The highest BCUT2D eigenvalue weighted by Crippen LogP contribution is 2.33. The number of nitrogens with zero attached hydrogens (tertiary/aromatic N) is 2. The molecule has 0 aliphatic carbocycles. The second-order valence-electron chi connectivity index (χ2n) is 6.60. The summed E-state index contributed by atoms with van der Waals surface area (Å²) >= 11 is 0.881. The van der Waals surface area contributed by atoms with E-state index in [1.54, 1.807) is 18.2 Å². The van der Waals surface area contributed by atoms with Crippen LogP contribution in [0.25, 0.3) is 6.08 Å². The van der Waals surface area contributed by atoms with Crippen LogP contribution < -0.4 is 4.74 Å². The quantitative estimate of drug-likeness (QED) is 0.361. The topological polar surface area (TPSA) is 89.8 Å². The lowest BCUT2D eigenvalue weighted by atomic mass is 10.2. The molecule has 0 unspecified atom stereocenters. The van der Waals surface area contributed by atoms with E-state index in [2.05, 4.69) is 0 Å². The van der Waals surface area contributed by atoms with E-state index < -0.39 is 4.92 Å². The van der Waals surface area contributed by atoms with Crippen molar-refractivity contribution in [2.45, 2.75) is 32.9 Å². The molecule has 0 bridgehead atoms. The van der Waals surface area contributed by atoms with Crippen LogP contribution in [0.3, 0.4) is 0 Å². The van der Waals surface area contributed by atoms with Crippen LogP contribution in [-0.2, 0) is 11.3 Å². The monoisotopic (exact) mass is 412 g/mol. The second-order valence-corrected chi connectivity index (χ2v) is 7.59. The van der Waals surface area contributed by atoms with E-state index in [0.29, 0.717) is 10.5 Å². The van der Waals surface area contributed by atoms with Crippen molar-refractivity contribution in [1.29, 1.82) is 0 Å². The number of hydrogen-bond donors (Lipinski definition) is 0. The second kappa shape index (κ2) is 8.91. The van der Waals surface area contributed by atoms with Crippen molar-refractivity contribution in [3.63, 3.8) is 0 Å². The summed E-state index contributed by atoms with van der Waals surface area (Å²) in [7, 11) is 0. The average Bonchev–Trinajstić information content (AvgIpc) is 2.97. The van der Waals surface area contributed by atoms with Gasteiger partial charge in [-0.2, -0.15) is 0 Å². The number of thioether (sulfide) groups is 1. The van der Waals surface area contributed by atoms with Crippen molar-refractivity contribution in [1.82, 2.24) is 4.90 Å². The molecule has 1 aliphatic rings. The molecule has 2 aromatic rings. The first-order chi connectivity index (χ1) is 13.9. The van der Waals surface area contributed by atoms with Crippen LogP contribution in [0.15, 0.2) is 53.4 Å². The first-order valence-corrected chi connectivity index (χ1v) is 9.94. The van der Waals surface area contributed by atoms with Gasteiger partial charge < -0.3 is 4.74 Å². The maximum absolute atomic E-state index is 12.6. The van der Waals surface area contributed by atoms with Gasteiger partial charge in [-0.25, -0.2) is 0 Å². The van der Waals surface area contributed by atoms with Crippen LogP contribution in [0, 0.1) is 10.1 Å². The Bertz CT molecular complexity index is 954. The number of rotatable bonds is 7. The van der Waals surface area contributed by atoms with Crippen molar-refractivity contribution in [3.05, 3.63) is 74.7 Å². The van der Waals surface area contributed by atoms with Crippen molar-refractivity contribution >= 4 is 34.7 Å². The Morgan fingerprint density at radius 3 is 2.38 bits per heavy atom. The van der Waals surface area contributed by atoms with Gasteiger partial charge in [0.05, 0.1) is 22.5 Å². The molecule has 8 heteroatoms. The summed E-state index contributed by atoms with van der Waals surface area (Å²) in [6.45, 7) is 4.11. The molecule has 3 rings (SSSR count). The van der Waals surface area contributed by atoms with Gasteiger partial charge in [-0.15, -0.1) is 0 Å². The third kappa shape index (κ3) is 5.03. The van der Waals surface area contributed by atoms with E-state index in [1.807, 2.05) is 38.1 Å². The first-order valence-electron chi connectivity index (χ1n) is 9.12. The van der Waals surface area contributed by atoms with Gasteiger partial charge in [-0.1, -0.05) is 31.2 Å². The maximum Gasteiger partial charge on any atom is 0.293 e. The Kier molecular flexibility index (Phi) is 6.33. The van der Waals surface area contributed by atoms with Gasteiger partial charge in [-0.05, 0) is 54.4 Å². The predicted molar refractivity (Wildman–Crippen MR) is 111 cm³/mol.